The summed E-state index contributed by atoms with van der Waals surface area (Å²) in [7, 11) is 1.90. The first-order valence-electron chi connectivity index (χ1n) is 9.41. The molecule has 0 radical (unpaired) electrons. The van der Waals surface area contributed by atoms with Crippen molar-refractivity contribution >= 4 is 5.96 Å². The highest BCUT2D eigenvalue weighted by atomic mass is 16.5. The van der Waals surface area contributed by atoms with Gasteiger partial charge in [-0.1, -0.05) is 37.1 Å². The third-order valence-electron chi connectivity index (χ3n) is 5.43. The highest BCUT2D eigenvalue weighted by Crippen LogP contribution is 2.35. The molecule has 1 aromatic carbocycles. The number of guanidine groups is 1. The lowest BCUT2D eigenvalue weighted by atomic mass is 9.82. The van der Waals surface area contributed by atoms with Crippen molar-refractivity contribution in [1.82, 2.24) is 10.2 Å². The molecule has 1 saturated heterocycles. The summed E-state index contributed by atoms with van der Waals surface area (Å²) in [5.74, 6) is 2.83. The normalized spacial score (nSPS) is 24.1. The van der Waals surface area contributed by atoms with Gasteiger partial charge in [0.2, 0.25) is 0 Å². The van der Waals surface area contributed by atoms with Crippen molar-refractivity contribution in [3.05, 3.63) is 35.4 Å². The molecule has 4 heteroatoms. The van der Waals surface area contributed by atoms with Gasteiger partial charge in [0.15, 0.2) is 5.96 Å². The quantitative estimate of drug-likeness (QED) is 0.664. The number of hydrogen-bond donors (Lipinski definition) is 1. The van der Waals surface area contributed by atoms with Crippen LogP contribution in [0.2, 0.25) is 0 Å². The van der Waals surface area contributed by atoms with E-state index < -0.39 is 0 Å². The minimum Gasteiger partial charge on any atom is -0.377 e. The first-order valence-corrected chi connectivity index (χ1v) is 9.41. The van der Waals surface area contributed by atoms with Gasteiger partial charge in [-0.15, -0.1) is 0 Å². The van der Waals surface area contributed by atoms with Crippen LogP contribution in [0.1, 0.15) is 43.7 Å². The van der Waals surface area contributed by atoms with Gasteiger partial charge in [-0.2, -0.15) is 0 Å². The zero-order valence-electron chi connectivity index (χ0n) is 15.1. The van der Waals surface area contributed by atoms with Crippen LogP contribution in [-0.4, -0.2) is 37.6 Å². The second-order valence-corrected chi connectivity index (χ2v) is 7.06. The first-order chi connectivity index (χ1) is 11.8. The zero-order chi connectivity index (χ0) is 16.8. The van der Waals surface area contributed by atoms with E-state index in [0.29, 0.717) is 6.61 Å². The molecule has 4 nitrogen and oxygen atoms in total. The number of benzene rings is 1. The molecule has 2 fully saturated rings. The second-order valence-electron chi connectivity index (χ2n) is 7.06. The third kappa shape index (κ3) is 4.29. The van der Waals surface area contributed by atoms with Crippen molar-refractivity contribution in [2.24, 2.45) is 16.8 Å². The van der Waals surface area contributed by atoms with Gasteiger partial charge >= 0.3 is 0 Å². The molecule has 1 aliphatic carbocycles. The third-order valence-corrected chi connectivity index (χ3v) is 5.43. The molecule has 24 heavy (non-hydrogen) atoms. The minimum absolute atomic E-state index is 0.697. The van der Waals surface area contributed by atoms with E-state index in [9.17, 15) is 0 Å². The van der Waals surface area contributed by atoms with Crippen molar-refractivity contribution in [2.45, 2.75) is 45.8 Å². The Hall–Kier alpha value is -1.55. The number of nitrogens with zero attached hydrogens (tertiary/aromatic N) is 2. The Morgan fingerprint density at radius 1 is 1.12 bits per heavy atom. The Morgan fingerprint density at radius 2 is 1.75 bits per heavy atom. The van der Waals surface area contributed by atoms with E-state index in [1.54, 1.807) is 0 Å². The average Bonchev–Trinajstić information content (AvgIpc) is 3.05. The molecule has 1 heterocycles. The number of aliphatic imine (C=N–C) groups is 1. The van der Waals surface area contributed by atoms with E-state index in [4.69, 9.17) is 4.74 Å². The molecule has 2 atom stereocenters. The topological polar surface area (TPSA) is 36.9 Å². The van der Waals surface area contributed by atoms with Crippen LogP contribution in [0.5, 0.6) is 0 Å². The molecule has 1 aromatic rings. The van der Waals surface area contributed by atoms with E-state index in [-0.39, 0.29) is 0 Å². The fourth-order valence-corrected chi connectivity index (χ4v) is 4.07. The van der Waals surface area contributed by atoms with Gasteiger partial charge < -0.3 is 15.0 Å². The molecule has 1 aliphatic heterocycles. The Balaban J connectivity index is 1.51. The number of fused-ring (bicyclic) bond motifs is 1. The Bertz CT molecular complexity index is 526. The second kappa shape index (κ2) is 8.52. The predicted molar refractivity (Wildman–Crippen MR) is 99.0 cm³/mol. The van der Waals surface area contributed by atoms with Gasteiger partial charge in [0.25, 0.3) is 0 Å². The molecular formula is C20H31N3O. The lowest BCUT2D eigenvalue weighted by Gasteiger charge is -2.22. The standard InChI is InChI=1S/C20H31N3O/c1-3-24-15-17-10-8-16(9-11-17)12-22-20(21-2)23-13-18-6-4-5-7-19(18)14-23/h8-11,18-19H,3-7,12-15H2,1-2H3,(H,21,22). The average molecular weight is 329 g/mol. The van der Waals surface area contributed by atoms with Crippen LogP contribution in [0.4, 0.5) is 0 Å². The molecule has 0 bridgehead atoms. The minimum atomic E-state index is 0.697. The summed E-state index contributed by atoms with van der Waals surface area (Å²) >= 11 is 0. The zero-order valence-corrected chi connectivity index (χ0v) is 15.1. The molecule has 1 N–H and O–H groups in total. The number of likely N-dealkylation sites (tertiary alicyclic amines) is 1. The van der Waals surface area contributed by atoms with E-state index in [2.05, 4.69) is 39.5 Å². The summed E-state index contributed by atoms with van der Waals surface area (Å²) in [5, 5.41) is 3.54. The van der Waals surface area contributed by atoms with Crippen LogP contribution in [0.25, 0.3) is 0 Å². The lowest BCUT2D eigenvalue weighted by Crippen LogP contribution is -2.39. The number of rotatable bonds is 5. The molecule has 3 rings (SSSR count). The summed E-state index contributed by atoms with van der Waals surface area (Å²) in [5.41, 5.74) is 2.52. The van der Waals surface area contributed by atoms with Crippen LogP contribution < -0.4 is 5.32 Å². The molecule has 132 valence electrons. The van der Waals surface area contributed by atoms with Crippen LogP contribution in [-0.2, 0) is 17.9 Å². The van der Waals surface area contributed by atoms with Crippen LogP contribution in [0.3, 0.4) is 0 Å². The Morgan fingerprint density at radius 3 is 2.33 bits per heavy atom. The van der Waals surface area contributed by atoms with E-state index >= 15 is 0 Å². The smallest absolute Gasteiger partial charge is 0.193 e. The van der Waals surface area contributed by atoms with Crippen LogP contribution in [0, 0.1) is 11.8 Å². The van der Waals surface area contributed by atoms with Crippen molar-refractivity contribution in [1.29, 1.82) is 0 Å². The molecule has 0 aromatic heterocycles. The molecular weight excluding hydrogens is 298 g/mol. The van der Waals surface area contributed by atoms with Crippen LogP contribution in [0.15, 0.2) is 29.3 Å². The van der Waals surface area contributed by atoms with Gasteiger partial charge in [0.05, 0.1) is 6.61 Å². The van der Waals surface area contributed by atoms with Crippen molar-refractivity contribution in [3.63, 3.8) is 0 Å². The number of hydrogen-bond acceptors (Lipinski definition) is 2. The first kappa shape index (κ1) is 17.3. The van der Waals surface area contributed by atoms with Gasteiger partial charge in [-0.3, -0.25) is 4.99 Å². The highest BCUT2D eigenvalue weighted by molar-refractivity contribution is 5.80. The number of nitrogens with one attached hydrogen (secondary N) is 1. The molecule has 0 spiro atoms. The van der Waals surface area contributed by atoms with Gasteiger partial charge in [0, 0.05) is 33.3 Å². The van der Waals surface area contributed by atoms with Crippen LogP contribution >= 0.6 is 0 Å². The summed E-state index contributed by atoms with van der Waals surface area (Å²) < 4.78 is 5.45. The molecule has 0 amide bonds. The SMILES string of the molecule is CCOCc1ccc(CNC(=NC)N2CC3CCCCC3C2)cc1. The predicted octanol–water partition coefficient (Wildman–Crippen LogP) is 3.42. The van der Waals surface area contributed by atoms with Crippen molar-refractivity contribution < 1.29 is 4.74 Å². The van der Waals surface area contributed by atoms with E-state index in [0.717, 1.165) is 30.9 Å². The fraction of sp³-hybridized carbons (Fsp3) is 0.650. The van der Waals surface area contributed by atoms with Crippen molar-refractivity contribution in [2.75, 3.05) is 26.7 Å². The molecule has 1 saturated carbocycles. The van der Waals surface area contributed by atoms with Gasteiger partial charge in [0.1, 0.15) is 0 Å². The maximum absolute atomic E-state index is 5.45. The number of ether oxygens (including phenoxy) is 1. The van der Waals surface area contributed by atoms with E-state index in [1.807, 2.05) is 14.0 Å². The van der Waals surface area contributed by atoms with Crippen molar-refractivity contribution in [3.8, 4) is 0 Å². The fourth-order valence-electron chi connectivity index (χ4n) is 4.07. The molecule has 2 aliphatic rings. The maximum atomic E-state index is 5.45. The Kier molecular flexibility index (Phi) is 6.13. The van der Waals surface area contributed by atoms with Gasteiger partial charge in [-0.05, 0) is 42.7 Å². The maximum Gasteiger partial charge on any atom is 0.193 e. The summed E-state index contributed by atoms with van der Waals surface area (Å²) in [4.78, 5) is 6.97. The summed E-state index contributed by atoms with van der Waals surface area (Å²) in [6.07, 6.45) is 5.63. The summed E-state index contributed by atoms with van der Waals surface area (Å²) in [6.45, 7) is 6.67. The van der Waals surface area contributed by atoms with Gasteiger partial charge in [-0.25, -0.2) is 0 Å². The lowest BCUT2D eigenvalue weighted by molar-refractivity contribution is 0.134. The van der Waals surface area contributed by atoms with E-state index in [1.165, 1.54) is 49.9 Å². The Labute approximate surface area is 146 Å². The molecule has 2 unspecified atom stereocenters. The largest absolute Gasteiger partial charge is 0.377 e. The summed E-state index contributed by atoms with van der Waals surface area (Å²) in [6, 6.07) is 8.66. The monoisotopic (exact) mass is 329 g/mol. The highest BCUT2D eigenvalue weighted by Gasteiger charge is 2.35.